The largest absolute Gasteiger partial charge is 0.617 e. The number of hydrogen-bond acceptors (Lipinski definition) is 6. The van der Waals surface area contributed by atoms with Gasteiger partial charge in [-0.05, 0) is 54.1 Å². The first-order valence-corrected chi connectivity index (χ1v) is 12.4. The minimum atomic E-state index is -1.11. The topological polar surface area (TPSA) is 112 Å². The summed E-state index contributed by atoms with van der Waals surface area (Å²) in [7, 11) is 0. The highest BCUT2D eigenvalue weighted by Crippen LogP contribution is 2.40. The number of hydrogen-bond donors (Lipinski definition) is 2. The van der Waals surface area contributed by atoms with Crippen molar-refractivity contribution in [3.63, 3.8) is 0 Å². The van der Waals surface area contributed by atoms with E-state index in [1.165, 1.54) is 18.2 Å². The smallest absolute Gasteiger partial charge is 0.287 e. The number of ether oxygens (including phenoxy) is 1. The molecule has 2 heterocycles. The first-order chi connectivity index (χ1) is 15.8. The molecular formula is C24H26FN3O4S. The van der Waals surface area contributed by atoms with E-state index in [-0.39, 0.29) is 35.5 Å². The van der Waals surface area contributed by atoms with Crippen molar-refractivity contribution >= 4 is 27.9 Å². The number of carbonyl (C=O) groups is 1. The molecule has 0 bridgehead atoms. The molecule has 1 unspecified atom stereocenters. The lowest BCUT2D eigenvalue weighted by atomic mass is 9.86. The molecule has 2 aromatic carbocycles. The van der Waals surface area contributed by atoms with Crippen molar-refractivity contribution < 1.29 is 23.6 Å². The maximum atomic E-state index is 13.7. The second kappa shape index (κ2) is 10.0. The molecular weight excluding hydrogens is 445 g/mol. The van der Waals surface area contributed by atoms with E-state index in [2.05, 4.69) is 0 Å². The summed E-state index contributed by atoms with van der Waals surface area (Å²) >= 11 is -1.11. The Morgan fingerprint density at radius 3 is 2.61 bits per heavy atom. The Kier molecular flexibility index (Phi) is 7.14. The number of aromatic hydroxyl groups is 1. The summed E-state index contributed by atoms with van der Waals surface area (Å²) in [4.78, 5) is 18.1. The summed E-state index contributed by atoms with van der Waals surface area (Å²) in [5, 5.41) is 12.4. The fourth-order valence-corrected chi connectivity index (χ4v) is 4.59. The van der Waals surface area contributed by atoms with E-state index in [9.17, 15) is 18.8 Å². The van der Waals surface area contributed by atoms with E-state index in [1.807, 2.05) is 0 Å². The molecule has 1 amide bonds. The molecule has 0 radical (unpaired) electrons. The van der Waals surface area contributed by atoms with Gasteiger partial charge in [0.15, 0.2) is 0 Å². The number of halogens is 1. The van der Waals surface area contributed by atoms with E-state index < -0.39 is 17.1 Å². The van der Waals surface area contributed by atoms with Crippen molar-refractivity contribution in [1.29, 1.82) is 0 Å². The van der Waals surface area contributed by atoms with Crippen LogP contribution in [0.3, 0.4) is 0 Å². The van der Waals surface area contributed by atoms with Crippen LogP contribution in [0.1, 0.15) is 34.9 Å². The number of benzene rings is 2. The molecule has 7 nitrogen and oxygen atoms in total. The van der Waals surface area contributed by atoms with Crippen LogP contribution in [-0.4, -0.2) is 57.3 Å². The summed E-state index contributed by atoms with van der Waals surface area (Å²) in [5.74, 6) is 5.41. The predicted octanol–water partition coefficient (Wildman–Crippen LogP) is 3.33. The Hall–Kier alpha value is -2.72. The number of amides is 1. The molecule has 33 heavy (non-hydrogen) atoms. The van der Waals surface area contributed by atoms with Gasteiger partial charge in [0.05, 0.1) is 18.5 Å². The number of rotatable bonds is 6. The van der Waals surface area contributed by atoms with Crippen molar-refractivity contribution in [2.24, 2.45) is 5.84 Å². The normalized spacial score (nSPS) is 15.5. The minimum Gasteiger partial charge on any atom is -0.617 e. The van der Waals surface area contributed by atoms with Gasteiger partial charge in [0.25, 0.3) is 5.91 Å². The lowest BCUT2D eigenvalue weighted by Gasteiger charge is -2.26. The van der Waals surface area contributed by atoms with E-state index >= 15 is 0 Å². The van der Waals surface area contributed by atoms with Crippen LogP contribution in [0.2, 0.25) is 0 Å². The third-order valence-corrected chi connectivity index (χ3v) is 6.60. The maximum absolute atomic E-state index is 13.7. The molecule has 3 aromatic rings. The molecule has 1 aromatic heterocycles. The number of pyridine rings is 1. The van der Waals surface area contributed by atoms with Gasteiger partial charge in [0.1, 0.15) is 23.0 Å². The van der Waals surface area contributed by atoms with Gasteiger partial charge >= 0.3 is 0 Å². The van der Waals surface area contributed by atoms with Crippen LogP contribution in [0.5, 0.6) is 5.75 Å². The average molecular weight is 472 g/mol. The van der Waals surface area contributed by atoms with Gasteiger partial charge in [-0.15, -0.1) is 0 Å². The van der Waals surface area contributed by atoms with Gasteiger partial charge in [-0.2, -0.15) is 0 Å². The summed E-state index contributed by atoms with van der Waals surface area (Å²) < 4.78 is 30.7. The Bertz CT molecular complexity index is 1150. The molecule has 1 aliphatic heterocycles. The Balaban J connectivity index is 1.93. The molecule has 0 saturated carbocycles. The molecule has 0 spiro atoms. The van der Waals surface area contributed by atoms with E-state index in [1.54, 1.807) is 30.5 Å². The number of aromatic nitrogens is 1. The summed E-state index contributed by atoms with van der Waals surface area (Å²) in [5.41, 5.74) is 2.41. The number of hydrazine groups is 1. The van der Waals surface area contributed by atoms with Crippen LogP contribution in [0.4, 0.5) is 4.39 Å². The van der Waals surface area contributed by atoms with Gasteiger partial charge < -0.3 is 14.4 Å². The zero-order chi connectivity index (χ0) is 23.5. The number of phenols is 1. The monoisotopic (exact) mass is 471 g/mol. The number of phenolic OH excluding ortho intramolecular Hbond substituents is 1. The van der Waals surface area contributed by atoms with Gasteiger partial charge in [0, 0.05) is 30.1 Å². The molecule has 0 aliphatic carbocycles. The average Bonchev–Trinajstić information content (AvgIpc) is 2.82. The quantitative estimate of drug-likeness (QED) is 0.247. The summed E-state index contributed by atoms with van der Waals surface area (Å²) in [6.45, 7) is 1.27. The van der Waals surface area contributed by atoms with Crippen LogP contribution in [0, 0.1) is 5.82 Å². The van der Waals surface area contributed by atoms with Gasteiger partial charge in [-0.1, -0.05) is 23.3 Å². The van der Waals surface area contributed by atoms with Crippen molar-refractivity contribution in [3.8, 4) is 16.9 Å². The maximum Gasteiger partial charge on any atom is 0.287 e. The van der Waals surface area contributed by atoms with E-state index in [0.29, 0.717) is 24.0 Å². The zero-order valence-electron chi connectivity index (χ0n) is 18.3. The molecule has 1 atom stereocenters. The van der Waals surface area contributed by atoms with Crippen molar-refractivity contribution in [1.82, 2.24) is 9.99 Å². The van der Waals surface area contributed by atoms with Crippen LogP contribution in [0.15, 0.2) is 42.5 Å². The third kappa shape index (κ3) is 5.11. The van der Waals surface area contributed by atoms with Crippen molar-refractivity contribution in [2.45, 2.75) is 18.8 Å². The molecule has 174 valence electrons. The molecule has 9 heteroatoms. The highest BCUT2D eigenvalue weighted by Gasteiger charge is 2.28. The molecule has 3 N–H and O–H groups in total. The second-order valence-electron chi connectivity index (χ2n) is 8.12. The second-order valence-corrected chi connectivity index (χ2v) is 9.67. The van der Waals surface area contributed by atoms with Crippen LogP contribution in [0.25, 0.3) is 21.9 Å². The SMILES string of the molecule is C[S+]([O-])CCN(N)C(=O)c1nc(C2CCOCC2)c(-c2ccc(F)cc2)c2ccc(O)cc12. The minimum absolute atomic E-state index is 0.0135. The third-order valence-electron chi connectivity index (χ3n) is 5.84. The van der Waals surface area contributed by atoms with Crippen LogP contribution >= 0.6 is 0 Å². The lowest BCUT2D eigenvalue weighted by molar-refractivity contribution is 0.0759. The number of fused-ring (bicyclic) bond motifs is 1. The van der Waals surface area contributed by atoms with Crippen LogP contribution in [-0.2, 0) is 15.9 Å². The Labute approximate surface area is 194 Å². The standard InChI is InChI=1S/C24H26FN3O4S/c1-33(31)13-10-28(26)24(30)23-20-14-18(29)6-7-19(20)21(15-2-4-17(25)5-3-15)22(27-23)16-8-11-32-12-9-16/h2-7,14,16,29H,8-13,26H2,1H3. The Morgan fingerprint density at radius 2 is 1.94 bits per heavy atom. The molecule has 4 rings (SSSR count). The van der Waals surface area contributed by atoms with E-state index in [0.717, 1.165) is 34.7 Å². The fourth-order valence-electron chi connectivity index (χ4n) is 4.13. The molecule has 1 saturated heterocycles. The predicted molar refractivity (Wildman–Crippen MR) is 126 cm³/mol. The highest BCUT2D eigenvalue weighted by molar-refractivity contribution is 7.90. The fraction of sp³-hybridized carbons (Fsp3) is 0.333. The zero-order valence-corrected chi connectivity index (χ0v) is 19.1. The number of nitrogens with two attached hydrogens (primary N) is 1. The highest BCUT2D eigenvalue weighted by atomic mass is 32.2. The Morgan fingerprint density at radius 1 is 1.24 bits per heavy atom. The molecule has 1 fully saturated rings. The van der Waals surface area contributed by atoms with Gasteiger partial charge in [-0.25, -0.2) is 15.2 Å². The number of carbonyl (C=O) groups excluding carboxylic acids is 1. The lowest BCUT2D eigenvalue weighted by Crippen LogP contribution is -2.41. The number of nitrogens with zero attached hydrogens (tertiary/aromatic N) is 2. The first-order valence-electron chi connectivity index (χ1n) is 10.7. The first kappa shape index (κ1) is 23.4. The van der Waals surface area contributed by atoms with Crippen molar-refractivity contribution in [2.75, 3.05) is 31.8 Å². The molecule has 1 aliphatic rings. The van der Waals surface area contributed by atoms with E-state index in [4.69, 9.17) is 15.6 Å². The summed E-state index contributed by atoms with van der Waals surface area (Å²) in [6.07, 6.45) is 3.02. The van der Waals surface area contributed by atoms with Crippen LogP contribution < -0.4 is 5.84 Å². The van der Waals surface area contributed by atoms with Crippen molar-refractivity contribution in [3.05, 3.63) is 59.7 Å². The summed E-state index contributed by atoms with van der Waals surface area (Å²) in [6, 6.07) is 10.9. The van der Waals surface area contributed by atoms with Gasteiger partial charge in [0.2, 0.25) is 0 Å². The van der Waals surface area contributed by atoms with Gasteiger partial charge in [-0.3, -0.25) is 9.80 Å².